The Bertz CT molecular complexity index is 434. The lowest BCUT2D eigenvalue weighted by Crippen LogP contribution is -2.07. The summed E-state index contributed by atoms with van der Waals surface area (Å²) in [5.74, 6) is 4.95. The van der Waals surface area contributed by atoms with Crippen LogP contribution in [0.3, 0.4) is 0 Å². The second-order valence-corrected chi connectivity index (χ2v) is 3.19. The van der Waals surface area contributed by atoms with Crippen LogP contribution >= 0.6 is 11.6 Å². The van der Waals surface area contributed by atoms with Gasteiger partial charge in [0.25, 0.3) is 0 Å². The molecule has 0 saturated carbocycles. The lowest BCUT2D eigenvalue weighted by atomic mass is 10.2. The van der Waals surface area contributed by atoms with E-state index in [0.29, 0.717) is 0 Å². The summed E-state index contributed by atoms with van der Waals surface area (Å²) in [6.45, 7) is -0.139. The first kappa shape index (κ1) is 12.8. The predicted octanol–water partition coefficient (Wildman–Crippen LogP) is 2.49. The monoisotopic (exact) mass is 249 g/mol. The van der Waals surface area contributed by atoms with Crippen molar-refractivity contribution >= 4 is 11.6 Å². The van der Waals surface area contributed by atoms with Gasteiger partial charge in [0.05, 0.1) is 12.2 Å². The highest BCUT2D eigenvalue weighted by Gasteiger charge is 2.34. The fourth-order valence-corrected chi connectivity index (χ4v) is 1.15. The van der Waals surface area contributed by atoms with E-state index < -0.39 is 16.9 Å². The number of aliphatic hydroxyl groups is 1. The Morgan fingerprint density at radius 2 is 2.12 bits per heavy atom. The Labute approximate surface area is 95.1 Å². The molecule has 0 radical (unpaired) electrons. The Hall–Kier alpha value is -1.25. The molecule has 0 amide bonds. The van der Waals surface area contributed by atoms with Crippen molar-refractivity contribution in [3.05, 3.63) is 28.5 Å². The summed E-state index contributed by atoms with van der Waals surface area (Å²) in [4.78, 5) is 3.40. The number of nitrogens with zero attached hydrogens (tertiary/aromatic N) is 1. The maximum Gasteiger partial charge on any atom is 0.419 e. The highest BCUT2D eigenvalue weighted by atomic mass is 35.5. The fraction of sp³-hybridized carbons (Fsp3) is 0.300. The van der Waals surface area contributed by atoms with E-state index >= 15 is 0 Å². The minimum absolute atomic E-state index is 0.116. The number of halogens is 4. The first-order chi connectivity index (χ1) is 7.45. The van der Waals surface area contributed by atoms with Gasteiger partial charge in [-0.05, 0) is 6.07 Å². The highest BCUT2D eigenvalue weighted by molar-refractivity contribution is 6.30. The van der Waals surface area contributed by atoms with Crippen LogP contribution in [0.4, 0.5) is 13.2 Å². The molecular formula is C10H7ClF3NO. The summed E-state index contributed by atoms with van der Waals surface area (Å²) in [5, 5.41) is 7.86. The summed E-state index contributed by atoms with van der Waals surface area (Å²) >= 11 is 5.32. The molecule has 6 heteroatoms. The number of hydrogen-bond donors (Lipinski definition) is 1. The van der Waals surface area contributed by atoms with Crippen LogP contribution in [0.2, 0.25) is 5.15 Å². The molecule has 1 aromatic rings. The van der Waals surface area contributed by atoms with E-state index in [4.69, 9.17) is 16.7 Å². The van der Waals surface area contributed by atoms with Gasteiger partial charge in [0.15, 0.2) is 0 Å². The molecule has 0 atom stereocenters. The summed E-state index contributed by atoms with van der Waals surface area (Å²) < 4.78 is 37.2. The molecule has 1 N–H and O–H groups in total. The molecule has 16 heavy (non-hydrogen) atoms. The molecule has 0 unspecified atom stereocenters. The van der Waals surface area contributed by atoms with Crippen molar-refractivity contribution in [2.45, 2.75) is 12.6 Å². The molecule has 1 rings (SSSR count). The topological polar surface area (TPSA) is 33.1 Å². The van der Waals surface area contributed by atoms with Crippen molar-refractivity contribution < 1.29 is 18.3 Å². The number of aliphatic hydroxyl groups excluding tert-OH is 1. The second kappa shape index (κ2) is 5.19. The number of aromatic nitrogens is 1. The van der Waals surface area contributed by atoms with Crippen LogP contribution in [0.1, 0.15) is 17.5 Å². The molecule has 86 valence electrons. The normalized spacial score (nSPS) is 10.8. The molecule has 0 spiro atoms. The Balaban J connectivity index is 3.05. The molecule has 0 bridgehead atoms. The molecule has 0 aromatic carbocycles. The first-order valence-corrected chi connectivity index (χ1v) is 4.65. The number of rotatable bonds is 1. The van der Waals surface area contributed by atoms with E-state index in [-0.39, 0.29) is 18.6 Å². The van der Waals surface area contributed by atoms with Crippen LogP contribution in [0.5, 0.6) is 0 Å². The van der Waals surface area contributed by atoms with E-state index in [9.17, 15) is 13.2 Å². The molecule has 0 saturated heterocycles. The molecule has 2 nitrogen and oxygen atoms in total. The van der Waals surface area contributed by atoms with Crippen molar-refractivity contribution in [2.24, 2.45) is 0 Å². The quantitative estimate of drug-likeness (QED) is 0.613. The van der Waals surface area contributed by atoms with Gasteiger partial charge in [0.2, 0.25) is 0 Å². The van der Waals surface area contributed by atoms with E-state index in [0.717, 1.165) is 12.3 Å². The lowest BCUT2D eigenvalue weighted by Gasteiger charge is -2.07. The number of hydrogen-bond acceptors (Lipinski definition) is 2. The Morgan fingerprint density at radius 1 is 1.44 bits per heavy atom. The average molecular weight is 250 g/mol. The molecule has 1 aromatic heterocycles. The van der Waals surface area contributed by atoms with Gasteiger partial charge in [-0.2, -0.15) is 13.2 Å². The minimum atomic E-state index is -4.54. The summed E-state index contributed by atoms with van der Waals surface area (Å²) in [7, 11) is 0. The van der Waals surface area contributed by atoms with E-state index in [1.165, 1.54) is 0 Å². The Kier molecular flexibility index (Phi) is 4.16. The zero-order valence-electron chi connectivity index (χ0n) is 7.98. The lowest BCUT2D eigenvalue weighted by molar-refractivity contribution is -0.137. The molecule has 0 aliphatic rings. The van der Waals surface area contributed by atoms with Crippen molar-refractivity contribution in [3.8, 4) is 11.8 Å². The molecule has 0 fully saturated rings. The van der Waals surface area contributed by atoms with Crippen molar-refractivity contribution in [1.29, 1.82) is 0 Å². The fourth-order valence-electron chi connectivity index (χ4n) is 0.936. The van der Waals surface area contributed by atoms with Gasteiger partial charge in [-0.25, -0.2) is 4.98 Å². The zero-order chi connectivity index (χ0) is 12.2. The standard InChI is InChI=1S/C10H7ClF3NO/c11-9-8(10(12,13)14)5-7(6-15-9)3-1-2-4-16/h5-6,16H,2,4H2. The van der Waals surface area contributed by atoms with Gasteiger partial charge < -0.3 is 5.11 Å². The Morgan fingerprint density at radius 3 is 2.69 bits per heavy atom. The third-order valence-corrected chi connectivity index (χ3v) is 1.92. The molecule has 1 heterocycles. The first-order valence-electron chi connectivity index (χ1n) is 4.27. The molecular weight excluding hydrogens is 243 g/mol. The van der Waals surface area contributed by atoms with Gasteiger partial charge in [-0.15, -0.1) is 0 Å². The van der Waals surface area contributed by atoms with Crippen LogP contribution in [0.15, 0.2) is 12.3 Å². The van der Waals surface area contributed by atoms with Gasteiger partial charge in [0.1, 0.15) is 5.15 Å². The molecule has 0 aliphatic carbocycles. The van der Waals surface area contributed by atoms with Crippen molar-refractivity contribution in [1.82, 2.24) is 4.98 Å². The summed E-state index contributed by atoms with van der Waals surface area (Å²) in [6.07, 6.45) is -3.19. The minimum Gasteiger partial charge on any atom is -0.395 e. The summed E-state index contributed by atoms with van der Waals surface area (Å²) in [5.41, 5.74) is -0.893. The van der Waals surface area contributed by atoms with E-state index in [2.05, 4.69) is 16.8 Å². The van der Waals surface area contributed by atoms with Gasteiger partial charge in [-0.3, -0.25) is 0 Å². The highest BCUT2D eigenvalue weighted by Crippen LogP contribution is 2.33. The van der Waals surface area contributed by atoms with Crippen LogP contribution in [0.25, 0.3) is 0 Å². The third kappa shape index (κ3) is 3.40. The second-order valence-electron chi connectivity index (χ2n) is 2.84. The summed E-state index contributed by atoms with van der Waals surface area (Å²) in [6, 6.07) is 0.833. The van der Waals surface area contributed by atoms with E-state index in [1.807, 2.05) is 0 Å². The van der Waals surface area contributed by atoms with Crippen LogP contribution < -0.4 is 0 Å². The maximum absolute atomic E-state index is 12.4. The maximum atomic E-state index is 12.4. The van der Waals surface area contributed by atoms with Gasteiger partial charge in [-0.1, -0.05) is 23.4 Å². The molecule has 0 aliphatic heterocycles. The van der Waals surface area contributed by atoms with Crippen LogP contribution in [-0.2, 0) is 6.18 Å². The zero-order valence-corrected chi connectivity index (χ0v) is 8.73. The third-order valence-electron chi connectivity index (χ3n) is 1.61. The van der Waals surface area contributed by atoms with Crippen molar-refractivity contribution in [2.75, 3.05) is 6.61 Å². The number of alkyl halides is 3. The smallest absolute Gasteiger partial charge is 0.395 e. The predicted molar refractivity (Wildman–Crippen MR) is 52.8 cm³/mol. The van der Waals surface area contributed by atoms with Gasteiger partial charge >= 0.3 is 6.18 Å². The number of pyridine rings is 1. The van der Waals surface area contributed by atoms with Crippen LogP contribution in [-0.4, -0.2) is 16.7 Å². The van der Waals surface area contributed by atoms with E-state index in [1.54, 1.807) is 0 Å². The van der Waals surface area contributed by atoms with Gasteiger partial charge in [0, 0.05) is 18.2 Å². The van der Waals surface area contributed by atoms with Crippen molar-refractivity contribution in [3.63, 3.8) is 0 Å². The van der Waals surface area contributed by atoms with Crippen LogP contribution in [0, 0.1) is 11.8 Å². The average Bonchev–Trinajstić information content (AvgIpc) is 2.19. The SMILES string of the molecule is OCCC#Cc1cnc(Cl)c(C(F)(F)F)c1. The largest absolute Gasteiger partial charge is 0.419 e.